The van der Waals surface area contributed by atoms with Crippen LogP contribution in [0, 0.1) is 0 Å². The summed E-state index contributed by atoms with van der Waals surface area (Å²) in [5.41, 5.74) is -0.804. The number of piperidine rings is 1. The number of hydrogen-bond donors (Lipinski definition) is 3. The van der Waals surface area contributed by atoms with E-state index in [0.717, 1.165) is 25.3 Å². The predicted molar refractivity (Wildman–Crippen MR) is 103 cm³/mol. The highest BCUT2D eigenvalue weighted by Crippen LogP contribution is 2.38. The fraction of sp³-hybridized carbons (Fsp3) is 0.800. The van der Waals surface area contributed by atoms with Gasteiger partial charge in [0.05, 0.1) is 6.10 Å². The van der Waals surface area contributed by atoms with Gasteiger partial charge >= 0.3 is 5.97 Å². The molecule has 1 atom stereocenters. The van der Waals surface area contributed by atoms with E-state index in [1.54, 1.807) is 6.92 Å². The fourth-order valence-corrected chi connectivity index (χ4v) is 4.14. The van der Waals surface area contributed by atoms with Crippen molar-refractivity contribution in [2.24, 2.45) is 0 Å². The van der Waals surface area contributed by atoms with Crippen molar-refractivity contribution in [1.82, 2.24) is 9.96 Å². The molecule has 1 amide bonds. The third-order valence-corrected chi connectivity index (χ3v) is 5.32. The Hall–Kier alpha value is -1.44. The first-order chi connectivity index (χ1) is 12.4. The molecule has 156 valence electrons. The summed E-state index contributed by atoms with van der Waals surface area (Å²) in [6, 6.07) is 0.0833. The monoisotopic (exact) mass is 384 g/mol. The number of carbonyl (C=O) groups excluding carboxylic acids is 1. The number of carboxylic acids is 1. The second kappa shape index (κ2) is 9.66. The second-order valence-corrected chi connectivity index (χ2v) is 8.83. The molecule has 0 aromatic carbocycles. The molecular formula is C20H36N2O5. The number of rotatable bonds is 9. The minimum Gasteiger partial charge on any atom is -0.478 e. The SMILES string of the molecule is CC(=O)N(CCCCCC(O)/C=C/C(=O)O)C1CC(C)(C)N(O)C(C)(C)C1. The molecule has 27 heavy (non-hydrogen) atoms. The van der Waals surface area contributed by atoms with Gasteiger partial charge in [-0.1, -0.05) is 12.8 Å². The van der Waals surface area contributed by atoms with Gasteiger partial charge in [-0.3, -0.25) is 4.79 Å². The largest absolute Gasteiger partial charge is 0.478 e. The van der Waals surface area contributed by atoms with Gasteiger partial charge in [-0.15, -0.1) is 0 Å². The maximum Gasteiger partial charge on any atom is 0.328 e. The molecule has 1 aliphatic rings. The predicted octanol–water partition coefficient (Wildman–Crippen LogP) is 2.81. The Bertz CT molecular complexity index is 526. The summed E-state index contributed by atoms with van der Waals surface area (Å²) in [5.74, 6) is -1.02. The number of carboxylic acid groups (broad SMARTS) is 1. The van der Waals surface area contributed by atoms with Gasteiger partial charge in [0, 0.05) is 36.7 Å². The topological polar surface area (TPSA) is 101 Å². The van der Waals surface area contributed by atoms with Crippen LogP contribution >= 0.6 is 0 Å². The van der Waals surface area contributed by atoms with Crippen molar-refractivity contribution < 1.29 is 25.0 Å². The average Bonchev–Trinajstić information content (AvgIpc) is 2.52. The molecule has 1 saturated heterocycles. The van der Waals surface area contributed by atoms with Crippen LogP contribution in [0.5, 0.6) is 0 Å². The van der Waals surface area contributed by atoms with Crippen molar-refractivity contribution in [2.45, 2.75) is 96.4 Å². The molecule has 1 unspecified atom stereocenters. The zero-order valence-corrected chi connectivity index (χ0v) is 17.3. The van der Waals surface area contributed by atoms with Crippen molar-refractivity contribution in [3.05, 3.63) is 12.2 Å². The molecule has 0 aromatic rings. The van der Waals surface area contributed by atoms with E-state index in [1.807, 2.05) is 32.6 Å². The van der Waals surface area contributed by atoms with Crippen LogP contribution in [0.1, 0.15) is 73.1 Å². The first-order valence-corrected chi connectivity index (χ1v) is 9.72. The smallest absolute Gasteiger partial charge is 0.328 e. The highest BCUT2D eigenvalue weighted by atomic mass is 16.5. The number of aliphatic carboxylic acids is 1. The van der Waals surface area contributed by atoms with Crippen LogP contribution in [-0.2, 0) is 9.59 Å². The van der Waals surface area contributed by atoms with E-state index in [-0.39, 0.29) is 11.9 Å². The number of hydroxylamine groups is 2. The number of aliphatic hydroxyl groups excluding tert-OH is 1. The lowest BCUT2D eigenvalue weighted by Crippen LogP contribution is -2.63. The van der Waals surface area contributed by atoms with Crippen molar-refractivity contribution in [2.75, 3.05) is 6.54 Å². The molecule has 1 heterocycles. The third-order valence-electron chi connectivity index (χ3n) is 5.32. The van der Waals surface area contributed by atoms with E-state index in [9.17, 15) is 19.9 Å². The molecule has 1 aliphatic heterocycles. The van der Waals surface area contributed by atoms with Crippen LogP contribution in [0.4, 0.5) is 0 Å². The van der Waals surface area contributed by atoms with Gasteiger partial charge in [-0.05, 0) is 59.5 Å². The van der Waals surface area contributed by atoms with E-state index in [2.05, 4.69) is 0 Å². The van der Waals surface area contributed by atoms with Gasteiger partial charge in [0.1, 0.15) is 0 Å². The Balaban J connectivity index is 2.53. The number of unbranched alkanes of at least 4 members (excludes halogenated alkanes) is 2. The number of aliphatic hydroxyl groups is 1. The van der Waals surface area contributed by atoms with Gasteiger partial charge in [0.15, 0.2) is 0 Å². The van der Waals surface area contributed by atoms with Gasteiger partial charge in [0.2, 0.25) is 5.91 Å². The lowest BCUT2D eigenvalue weighted by molar-refractivity contribution is -0.251. The van der Waals surface area contributed by atoms with Gasteiger partial charge < -0.3 is 20.3 Å². The highest BCUT2D eigenvalue weighted by Gasteiger charge is 2.46. The van der Waals surface area contributed by atoms with E-state index >= 15 is 0 Å². The second-order valence-electron chi connectivity index (χ2n) is 8.83. The molecule has 1 rings (SSSR count). The van der Waals surface area contributed by atoms with Crippen molar-refractivity contribution >= 4 is 11.9 Å². The lowest BCUT2D eigenvalue weighted by Gasteiger charge is -2.53. The van der Waals surface area contributed by atoms with Crippen molar-refractivity contribution in [1.29, 1.82) is 0 Å². The fourth-order valence-electron chi connectivity index (χ4n) is 4.14. The third kappa shape index (κ3) is 7.24. The molecule has 3 N–H and O–H groups in total. The summed E-state index contributed by atoms with van der Waals surface area (Å²) in [7, 11) is 0. The molecule has 7 heteroatoms. The summed E-state index contributed by atoms with van der Waals surface area (Å²) >= 11 is 0. The van der Waals surface area contributed by atoms with E-state index < -0.39 is 23.2 Å². The van der Waals surface area contributed by atoms with Crippen LogP contribution in [0.2, 0.25) is 0 Å². The van der Waals surface area contributed by atoms with Crippen molar-refractivity contribution in [3.8, 4) is 0 Å². The maximum atomic E-state index is 12.2. The first kappa shape index (κ1) is 23.6. The van der Waals surface area contributed by atoms with Crippen LogP contribution < -0.4 is 0 Å². The number of amides is 1. The zero-order valence-electron chi connectivity index (χ0n) is 17.3. The Morgan fingerprint density at radius 2 is 1.70 bits per heavy atom. The molecule has 0 saturated carbocycles. The molecule has 0 aromatic heterocycles. The molecule has 1 fully saturated rings. The van der Waals surface area contributed by atoms with E-state index in [0.29, 0.717) is 25.8 Å². The number of nitrogens with zero attached hydrogens (tertiary/aromatic N) is 2. The Morgan fingerprint density at radius 1 is 1.15 bits per heavy atom. The maximum absolute atomic E-state index is 12.2. The van der Waals surface area contributed by atoms with Crippen LogP contribution in [0.15, 0.2) is 12.2 Å². The van der Waals surface area contributed by atoms with E-state index in [4.69, 9.17) is 5.11 Å². The number of hydrogen-bond acceptors (Lipinski definition) is 5. The minimum absolute atomic E-state index is 0.0439. The van der Waals surface area contributed by atoms with Gasteiger partial charge in [-0.2, -0.15) is 5.06 Å². The average molecular weight is 385 g/mol. The molecule has 0 aliphatic carbocycles. The van der Waals surface area contributed by atoms with Crippen LogP contribution in [0.25, 0.3) is 0 Å². The summed E-state index contributed by atoms with van der Waals surface area (Å²) in [6.45, 7) is 10.2. The highest BCUT2D eigenvalue weighted by molar-refractivity contribution is 5.79. The minimum atomic E-state index is -1.06. The normalized spacial score (nSPS) is 21.3. The van der Waals surface area contributed by atoms with E-state index in [1.165, 1.54) is 11.1 Å². The summed E-state index contributed by atoms with van der Waals surface area (Å²) < 4.78 is 0. The van der Waals surface area contributed by atoms with Gasteiger partial charge in [0.25, 0.3) is 0 Å². The molecule has 0 bridgehead atoms. The quantitative estimate of drug-likeness (QED) is 0.417. The summed E-state index contributed by atoms with van der Waals surface area (Å²) in [6.07, 6.45) is 5.88. The van der Waals surface area contributed by atoms with Crippen LogP contribution in [-0.4, -0.2) is 67.0 Å². The summed E-state index contributed by atoms with van der Waals surface area (Å²) in [4.78, 5) is 24.6. The van der Waals surface area contributed by atoms with Crippen molar-refractivity contribution in [3.63, 3.8) is 0 Å². The Morgan fingerprint density at radius 3 is 2.19 bits per heavy atom. The summed E-state index contributed by atoms with van der Waals surface area (Å²) in [5, 5.41) is 30.1. The van der Waals surface area contributed by atoms with Crippen LogP contribution in [0.3, 0.4) is 0 Å². The standard InChI is InChI=1S/C20H36N2O5/c1-15(23)21(12-8-6-7-9-17(24)10-11-18(25)26)16-13-19(2,3)22(27)20(4,5)14-16/h10-11,16-17,24,27H,6-9,12-14H2,1-5H3,(H,25,26)/b11-10+. The lowest BCUT2D eigenvalue weighted by atomic mass is 9.78. The Labute approximate surface area is 162 Å². The first-order valence-electron chi connectivity index (χ1n) is 9.72. The molecule has 0 radical (unpaired) electrons. The molecular weight excluding hydrogens is 348 g/mol. The Kier molecular flexibility index (Phi) is 8.45. The zero-order chi connectivity index (χ0) is 20.8. The molecule has 0 spiro atoms. The molecule has 7 nitrogen and oxygen atoms in total. The number of carbonyl (C=O) groups is 2. The van der Waals surface area contributed by atoms with Gasteiger partial charge in [-0.25, -0.2) is 4.79 Å².